The molecular formula is C36H50N2O4. The van der Waals surface area contributed by atoms with Crippen molar-refractivity contribution in [3.63, 3.8) is 0 Å². The molecule has 1 amide bonds. The number of carbonyl (C=O) groups excluding carboxylic acids is 2. The number of rotatable bonds is 9. The van der Waals surface area contributed by atoms with Crippen LogP contribution in [-0.4, -0.2) is 55.3 Å². The Morgan fingerprint density at radius 3 is 2.45 bits per heavy atom. The van der Waals surface area contributed by atoms with Crippen LogP contribution in [0, 0.1) is 5.92 Å². The number of ketones is 1. The van der Waals surface area contributed by atoms with E-state index in [4.69, 9.17) is 9.47 Å². The van der Waals surface area contributed by atoms with Crippen LogP contribution in [0.1, 0.15) is 90.7 Å². The summed E-state index contributed by atoms with van der Waals surface area (Å²) in [6.07, 6.45) is 15.8. The van der Waals surface area contributed by atoms with Crippen LogP contribution < -0.4 is 9.47 Å². The van der Waals surface area contributed by atoms with Gasteiger partial charge in [0.15, 0.2) is 0 Å². The number of allylic oxidation sites excluding steroid dienone is 4. The van der Waals surface area contributed by atoms with E-state index in [0.717, 1.165) is 64.4 Å². The predicted molar refractivity (Wildman–Crippen MR) is 173 cm³/mol. The topological polar surface area (TPSA) is 59.1 Å². The largest absolute Gasteiger partial charge is 0.496 e. The fourth-order valence-corrected chi connectivity index (χ4v) is 5.68. The molecule has 1 aromatic carbocycles. The van der Waals surface area contributed by atoms with Crippen molar-refractivity contribution in [1.29, 1.82) is 0 Å². The van der Waals surface area contributed by atoms with Crippen molar-refractivity contribution in [2.45, 2.75) is 79.6 Å². The second-order valence-electron chi connectivity index (χ2n) is 11.6. The lowest BCUT2D eigenvalue weighted by atomic mass is 9.94. The maximum Gasteiger partial charge on any atom is 0.253 e. The molecule has 0 N–H and O–H groups in total. The van der Waals surface area contributed by atoms with Crippen molar-refractivity contribution in [1.82, 2.24) is 9.80 Å². The molecule has 2 heterocycles. The molecule has 1 fully saturated rings. The molecule has 1 aliphatic carbocycles. The third-order valence-corrected chi connectivity index (χ3v) is 8.08. The Hall–Kier alpha value is -3.54. The Bertz CT molecular complexity index is 1280. The first-order valence-corrected chi connectivity index (χ1v) is 15.4. The molecule has 2 aliphatic heterocycles. The molecule has 1 atom stereocenters. The summed E-state index contributed by atoms with van der Waals surface area (Å²) in [6, 6.07) is 4.00. The van der Waals surface area contributed by atoms with Gasteiger partial charge in [-0.1, -0.05) is 63.5 Å². The number of Topliss-reactive ketones (excluding diaryl/α,β-unsaturated/α-hetero) is 1. The van der Waals surface area contributed by atoms with E-state index >= 15 is 0 Å². The van der Waals surface area contributed by atoms with E-state index in [9.17, 15) is 9.59 Å². The monoisotopic (exact) mass is 574 g/mol. The number of ether oxygens (including phenoxy) is 2. The van der Waals surface area contributed by atoms with E-state index in [1.165, 1.54) is 19.3 Å². The molecule has 0 saturated carbocycles. The number of fused-ring (bicyclic) bond motifs is 1. The van der Waals surface area contributed by atoms with E-state index in [1.54, 1.807) is 14.0 Å². The van der Waals surface area contributed by atoms with Crippen LogP contribution in [-0.2, 0) is 9.59 Å². The Labute approximate surface area is 253 Å². The summed E-state index contributed by atoms with van der Waals surface area (Å²) in [5.74, 6) is 1.60. The molecule has 0 unspecified atom stereocenters. The summed E-state index contributed by atoms with van der Waals surface area (Å²) in [5, 5.41) is 0. The number of nitrogens with zero attached hydrogens (tertiary/aromatic N) is 2. The maximum absolute atomic E-state index is 13.7. The minimum Gasteiger partial charge on any atom is -0.496 e. The van der Waals surface area contributed by atoms with Gasteiger partial charge in [0, 0.05) is 60.1 Å². The predicted octanol–water partition coefficient (Wildman–Crippen LogP) is 7.97. The summed E-state index contributed by atoms with van der Waals surface area (Å²) >= 11 is 0. The van der Waals surface area contributed by atoms with E-state index in [-0.39, 0.29) is 24.2 Å². The highest BCUT2D eigenvalue weighted by Gasteiger charge is 2.32. The molecule has 42 heavy (non-hydrogen) atoms. The van der Waals surface area contributed by atoms with Crippen LogP contribution in [0.3, 0.4) is 0 Å². The zero-order chi connectivity index (χ0) is 30.8. The lowest BCUT2D eigenvalue weighted by Gasteiger charge is -2.33. The van der Waals surface area contributed by atoms with Crippen LogP contribution in [0.15, 0.2) is 59.4 Å². The molecule has 0 aromatic heterocycles. The lowest BCUT2D eigenvalue weighted by Crippen LogP contribution is -2.35. The van der Waals surface area contributed by atoms with Gasteiger partial charge in [-0.15, -0.1) is 0 Å². The molecule has 6 heteroatoms. The normalized spacial score (nSPS) is 17.6. The van der Waals surface area contributed by atoms with Crippen molar-refractivity contribution < 1.29 is 19.1 Å². The molecule has 0 radical (unpaired) electrons. The second-order valence-corrected chi connectivity index (χ2v) is 11.6. The zero-order valence-electron chi connectivity index (χ0n) is 26.8. The molecule has 6 nitrogen and oxygen atoms in total. The fourth-order valence-electron chi connectivity index (χ4n) is 5.68. The highest BCUT2D eigenvalue weighted by molar-refractivity contribution is 6.01. The molecule has 228 valence electrons. The molecular weight excluding hydrogens is 524 g/mol. The van der Waals surface area contributed by atoms with Gasteiger partial charge in [0.05, 0.1) is 12.8 Å². The number of carbonyl (C=O) groups is 2. The van der Waals surface area contributed by atoms with Crippen LogP contribution in [0.25, 0.3) is 11.8 Å². The third kappa shape index (κ3) is 8.05. The minimum absolute atomic E-state index is 0.0291. The number of hydrogen-bond donors (Lipinski definition) is 0. The smallest absolute Gasteiger partial charge is 0.253 e. The molecule has 1 aromatic rings. The van der Waals surface area contributed by atoms with Gasteiger partial charge in [0.25, 0.3) is 5.91 Å². The van der Waals surface area contributed by atoms with Crippen molar-refractivity contribution in [3.8, 4) is 11.5 Å². The number of likely N-dealkylation sites (tertiary alicyclic amines) is 1. The first-order valence-electron chi connectivity index (χ1n) is 15.4. The van der Waals surface area contributed by atoms with Crippen molar-refractivity contribution in [2.24, 2.45) is 5.92 Å². The molecule has 3 aliphatic rings. The summed E-state index contributed by atoms with van der Waals surface area (Å²) in [5.41, 5.74) is 6.21. The maximum atomic E-state index is 13.7. The number of methoxy groups -OCH3 is 1. The second kappa shape index (κ2) is 15.6. The number of amides is 1. The zero-order valence-corrected chi connectivity index (χ0v) is 26.8. The fraction of sp³-hybridized carbons (Fsp3) is 0.500. The highest BCUT2D eigenvalue weighted by Crippen LogP contribution is 2.43. The Morgan fingerprint density at radius 2 is 1.88 bits per heavy atom. The van der Waals surface area contributed by atoms with Gasteiger partial charge in [-0.3, -0.25) is 9.59 Å². The molecule has 0 bridgehead atoms. The average molecular weight is 575 g/mol. The van der Waals surface area contributed by atoms with Crippen LogP contribution in [0.2, 0.25) is 0 Å². The highest BCUT2D eigenvalue weighted by atomic mass is 16.5. The standard InChI is InChI=1S/C31H38N2O4.C5H12/c1-20(2)16-24-17-26-29(18-28(24)36-6)37-19-27(30(26)32(5)25-11-7-8-12-25)21(3)31(35)33-14-9-10-23(13-15-33)22(4)34;1-3-5-4-2/h7,11-12,16-18,23H,3,8-10,13-15,19H2,1-2,4-6H3;3-5H2,1-2H3/t23-;/m0./s1. The molecule has 0 spiro atoms. The Kier molecular flexibility index (Phi) is 12.3. The van der Waals surface area contributed by atoms with Gasteiger partial charge in [-0.2, -0.15) is 0 Å². The van der Waals surface area contributed by atoms with Crippen LogP contribution in [0.4, 0.5) is 0 Å². The number of hydrogen-bond acceptors (Lipinski definition) is 5. The van der Waals surface area contributed by atoms with Gasteiger partial charge in [0.1, 0.15) is 23.9 Å². The number of benzene rings is 1. The van der Waals surface area contributed by atoms with Gasteiger partial charge in [-0.05, 0) is 58.6 Å². The average Bonchev–Trinajstić information content (AvgIpc) is 3.40. The van der Waals surface area contributed by atoms with Crippen molar-refractivity contribution in [2.75, 3.05) is 33.9 Å². The number of likely N-dealkylation sites (N-methyl/N-ethyl adjacent to an activating group) is 1. The van der Waals surface area contributed by atoms with E-state index in [0.29, 0.717) is 25.1 Å². The van der Waals surface area contributed by atoms with Crippen molar-refractivity contribution >= 4 is 23.5 Å². The van der Waals surface area contributed by atoms with Crippen LogP contribution in [0.5, 0.6) is 11.5 Å². The summed E-state index contributed by atoms with van der Waals surface area (Å²) < 4.78 is 11.9. The van der Waals surface area contributed by atoms with E-state index < -0.39 is 0 Å². The minimum atomic E-state index is -0.0915. The summed E-state index contributed by atoms with van der Waals surface area (Å²) in [7, 11) is 3.69. The molecule has 1 saturated heterocycles. The summed E-state index contributed by atoms with van der Waals surface area (Å²) in [4.78, 5) is 29.6. The van der Waals surface area contributed by atoms with Gasteiger partial charge in [0.2, 0.25) is 0 Å². The van der Waals surface area contributed by atoms with Gasteiger partial charge < -0.3 is 19.3 Å². The van der Waals surface area contributed by atoms with Crippen LogP contribution >= 0.6 is 0 Å². The molecule has 4 rings (SSSR count). The first-order chi connectivity index (χ1) is 20.1. The quantitative estimate of drug-likeness (QED) is 0.280. The number of unbranched alkanes of at least 4 members (excludes halogenated alkanes) is 2. The van der Waals surface area contributed by atoms with Gasteiger partial charge >= 0.3 is 0 Å². The third-order valence-electron chi connectivity index (χ3n) is 8.08. The van der Waals surface area contributed by atoms with Crippen molar-refractivity contribution in [3.05, 3.63) is 70.5 Å². The van der Waals surface area contributed by atoms with Gasteiger partial charge in [-0.25, -0.2) is 0 Å². The first kappa shape index (κ1) is 33.0. The lowest BCUT2D eigenvalue weighted by molar-refractivity contribution is -0.127. The van der Waals surface area contributed by atoms with E-state index in [2.05, 4.69) is 69.5 Å². The Balaban J connectivity index is 0.000000892. The summed E-state index contributed by atoms with van der Waals surface area (Å²) in [6.45, 7) is 15.9. The SMILES string of the molecule is C=C(C(=O)N1CCC[C@H](C(C)=O)CC1)C1=C(N(C)C2=CCC=C2)c2cc(C=C(C)C)c(OC)cc2OC1.CCCCC. The Morgan fingerprint density at radius 1 is 1.14 bits per heavy atom. The van der Waals surface area contributed by atoms with E-state index in [1.807, 2.05) is 18.0 Å².